The van der Waals surface area contributed by atoms with Crippen LogP contribution in [0.5, 0.6) is 0 Å². The quantitative estimate of drug-likeness (QED) is 0.174. The molecule has 0 N–H and O–H groups in total. The van der Waals surface area contributed by atoms with Crippen molar-refractivity contribution in [3.05, 3.63) is 164 Å². The first-order chi connectivity index (χ1) is 28.2. The Hall–Kier alpha value is -6.71. The molecule has 12 rings (SSSR count). The van der Waals surface area contributed by atoms with Gasteiger partial charge in [-0.25, -0.2) is 24.9 Å². The molecule has 0 aliphatic heterocycles. The van der Waals surface area contributed by atoms with Crippen LogP contribution >= 0.6 is 34.0 Å². The highest BCUT2D eigenvalue weighted by molar-refractivity contribution is 7.26. The van der Waals surface area contributed by atoms with Crippen LogP contribution in [0.4, 0.5) is 0 Å². The maximum atomic E-state index is 5.32. The highest BCUT2D eigenvalue weighted by Crippen LogP contribution is 2.44. The SMILES string of the molecule is c1ccc(-c2nc(-c3ccc4c(c3)sc3ccccc34)nc(-c3ccc4c(c3)sc3cccc(-c5nc(-c6ccccc6)c6sc7ccccc7c6n5)c34)n2)cc1. The van der Waals surface area contributed by atoms with Gasteiger partial charge in [0.15, 0.2) is 23.3 Å². The number of thiophene rings is 3. The first kappa shape index (κ1) is 32.5. The van der Waals surface area contributed by atoms with E-state index in [9.17, 15) is 0 Å². The highest BCUT2D eigenvalue weighted by atomic mass is 32.1. The fourth-order valence-corrected chi connectivity index (χ4v) is 11.3. The Morgan fingerprint density at radius 3 is 1.60 bits per heavy atom. The van der Waals surface area contributed by atoms with Crippen LogP contribution in [0.2, 0.25) is 0 Å². The molecule has 0 unspecified atom stereocenters. The van der Waals surface area contributed by atoms with Gasteiger partial charge in [-0.05, 0) is 30.3 Å². The van der Waals surface area contributed by atoms with Gasteiger partial charge in [0, 0.05) is 78.2 Å². The normalized spacial score (nSPS) is 11.9. The monoisotopic (exact) mass is 781 g/mol. The smallest absolute Gasteiger partial charge is 0.164 e. The lowest BCUT2D eigenvalue weighted by atomic mass is 10.0. The number of hydrogen-bond acceptors (Lipinski definition) is 8. The summed E-state index contributed by atoms with van der Waals surface area (Å²) < 4.78 is 7.13. The third-order valence-electron chi connectivity index (χ3n) is 10.6. The van der Waals surface area contributed by atoms with Crippen LogP contribution in [0, 0.1) is 0 Å². The van der Waals surface area contributed by atoms with E-state index in [1.165, 1.54) is 29.6 Å². The lowest BCUT2D eigenvalue weighted by Gasteiger charge is -2.09. The zero-order valence-corrected chi connectivity index (χ0v) is 32.5. The molecule has 5 aromatic heterocycles. The number of fused-ring (bicyclic) bond motifs is 9. The predicted octanol–water partition coefficient (Wildman–Crippen LogP) is 14.1. The third kappa shape index (κ3) is 5.37. The van der Waals surface area contributed by atoms with Crippen molar-refractivity contribution in [3.63, 3.8) is 0 Å². The van der Waals surface area contributed by atoms with Crippen LogP contribution in [-0.4, -0.2) is 24.9 Å². The standard InChI is InChI=1S/C49H27N5S3/c1-3-12-28(13-4-1)43-45-44(35-17-8-10-20-38(35)57-45)51-49(50-43)36-18-11-21-39-42(36)34-25-23-31(27-41(34)56-39)48-53-46(29-14-5-2-6-15-29)52-47(54-48)30-22-24-33-32-16-7-9-19-37(32)55-40(33)26-30/h1-27H. The van der Waals surface area contributed by atoms with E-state index in [0.717, 1.165) is 70.4 Å². The summed E-state index contributed by atoms with van der Waals surface area (Å²) in [5.74, 6) is 2.66. The Morgan fingerprint density at radius 1 is 0.316 bits per heavy atom. The van der Waals surface area contributed by atoms with Gasteiger partial charge < -0.3 is 0 Å². The van der Waals surface area contributed by atoms with Crippen molar-refractivity contribution >= 4 is 94.7 Å². The fraction of sp³-hybridized carbons (Fsp3) is 0. The predicted molar refractivity (Wildman–Crippen MR) is 241 cm³/mol. The van der Waals surface area contributed by atoms with E-state index in [4.69, 9.17) is 24.9 Å². The van der Waals surface area contributed by atoms with Crippen LogP contribution in [0.15, 0.2) is 164 Å². The molecule has 5 heterocycles. The molecule has 8 heteroatoms. The molecule has 0 atom stereocenters. The summed E-state index contributed by atoms with van der Waals surface area (Å²) in [5.41, 5.74) is 6.90. The topological polar surface area (TPSA) is 64.5 Å². The number of aromatic nitrogens is 5. The minimum atomic E-state index is 0.639. The van der Waals surface area contributed by atoms with Gasteiger partial charge in [-0.3, -0.25) is 0 Å². The second-order valence-electron chi connectivity index (χ2n) is 14.0. The Morgan fingerprint density at radius 2 is 0.860 bits per heavy atom. The summed E-state index contributed by atoms with van der Waals surface area (Å²) in [5, 5.41) is 5.98. The van der Waals surface area contributed by atoms with E-state index in [1.54, 1.807) is 34.0 Å². The lowest BCUT2D eigenvalue weighted by molar-refractivity contribution is 1.08. The molecular weight excluding hydrogens is 755 g/mol. The Bertz CT molecular complexity index is 3530. The molecule has 5 nitrogen and oxygen atoms in total. The van der Waals surface area contributed by atoms with Crippen molar-refractivity contribution < 1.29 is 0 Å². The van der Waals surface area contributed by atoms with E-state index in [0.29, 0.717) is 17.5 Å². The van der Waals surface area contributed by atoms with E-state index in [1.807, 2.05) is 24.3 Å². The van der Waals surface area contributed by atoms with E-state index in [-0.39, 0.29) is 0 Å². The third-order valence-corrected chi connectivity index (χ3v) is 14.0. The Labute approximate surface area is 338 Å². The van der Waals surface area contributed by atoms with E-state index >= 15 is 0 Å². The molecular formula is C49H27N5S3. The summed E-state index contributed by atoms with van der Waals surface area (Å²) in [4.78, 5) is 25.9. The Balaban J connectivity index is 1.02. The van der Waals surface area contributed by atoms with Crippen LogP contribution < -0.4 is 0 Å². The molecule has 0 aliphatic carbocycles. The molecule has 0 saturated heterocycles. The molecule has 0 fully saturated rings. The van der Waals surface area contributed by atoms with Crippen molar-refractivity contribution in [3.8, 4) is 56.8 Å². The van der Waals surface area contributed by atoms with Gasteiger partial charge in [0.1, 0.15) is 0 Å². The summed E-state index contributed by atoms with van der Waals surface area (Å²) >= 11 is 5.32. The van der Waals surface area contributed by atoms with Crippen molar-refractivity contribution in [1.82, 2.24) is 24.9 Å². The molecule has 0 radical (unpaired) electrons. The lowest BCUT2D eigenvalue weighted by Crippen LogP contribution is -2.00. The van der Waals surface area contributed by atoms with Crippen molar-refractivity contribution in [2.24, 2.45) is 0 Å². The summed E-state index contributed by atoms with van der Waals surface area (Å²) in [7, 11) is 0. The van der Waals surface area contributed by atoms with Gasteiger partial charge in [0.2, 0.25) is 0 Å². The van der Waals surface area contributed by atoms with Gasteiger partial charge >= 0.3 is 0 Å². The zero-order valence-electron chi connectivity index (χ0n) is 30.0. The molecule has 12 aromatic rings. The maximum Gasteiger partial charge on any atom is 0.164 e. The van der Waals surface area contributed by atoms with E-state index < -0.39 is 0 Å². The number of benzene rings is 7. The first-order valence-electron chi connectivity index (χ1n) is 18.7. The summed E-state index contributed by atoms with van der Waals surface area (Å²) in [6.45, 7) is 0. The second-order valence-corrected chi connectivity index (χ2v) is 17.2. The van der Waals surface area contributed by atoms with Crippen LogP contribution in [0.25, 0.3) is 117 Å². The average molecular weight is 782 g/mol. The van der Waals surface area contributed by atoms with Gasteiger partial charge in [0.05, 0.1) is 15.9 Å². The maximum absolute atomic E-state index is 5.32. The van der Waals surface area contributed by atoms with Crippen molar-refractivity contribution in [2.45, 2.75) is 0 Å². The largest absolute Gasteiger partial charge is 0.226 e. The molecule has 266 valence electrons. The molecule has 0 bridgehead atoms. The summed E-state index contributed by atoms with van der Waals surface area (Å²) in [6, 6.07) is 57.3. The first-order valence-corrected chi connectivity index (χ1v) is 21.1. The highest BCUT2D eigenvalue weighted by Gasteiger charge is 2.20. The zero-order chi connectivity index (χ0) is 37.5. The van der Waals surface area contributed by atoms with E-state index in [2.05, 4.69) is 140 Å². The van der Waals surface area contributed by atoms with Gasteiger partial charge in [-0.15, -0.1) is 34.0 Å². The number of rotatable bonds is 5. The minimum Gasteiger partial charge on any atom is -0.226 e. The van der Waals surface area contributed by atoms with Crippen LogP contribution in [0.3, 0.4) is 0 Å². The number of nitrogens with zero attached hydrogens (tertiary/aromatic N) is 5. The molecule has 7 aromatic carbocycles. The van der Waals surface area contributed by atoms with Gasteiger partial charge in [-0.1, -0.05) is 133 Å². The fourth-order valence-electron chi connectivity index (χ4n) is 7.87. The van der Waals surface area contributed by atoms with Crippen LogP contribution in [-0.2, 0) is 0 Å². The van der Waals surface area contributed by atoms with Crippen LogP contribution in [0.1, 0.15) is 0 Å². The molecule has 0 spiro atoms. The molecule has 0 aliphatic rings. The van der Waals surface area contributed by atoms with Crippen molar-refractivity contribution in [1.29, 1.82) is 0 Å². The Kier molecular flexibility index (Phi) is 7.38. The second kappa shape index (κ2) is 12.9. The van der Waals surface area contributed by atoms with Crippen molar-refractivity contribution in [2.75, 3.05) is 0 Å². The molecule has 0 amide bonds. The molecule has 0 saturated carbocycles. The minimum absolute atomic E-state index is 0.639. The van der Waals surface area contributed by atoms with Gasteiger partial charge in [-0.2, -0.15) is 0 Å². The molecule has 57 heavy (non-hydrogen) atoms. The number of hydrogen-bond donors (Lipinski definition) is 0. The van der Waals surface area contributed by atoms with Gasteiger partial charge in [0.25, 0.3) is 0 Å². The summed E-state index contributed by atoms with van der Waals surface area (Å²) in [6.07, 6.45) is 0. The average Bonchev–Trinajstić information content (AvgIpc) is 3.97.